The van der Waals surface area contributed by atoms with Crippen LogP contribution >= 0.6 is 31.9 Å². The largest absolute Gasteiger partial charge is 0.480 e. The molecule has 94 valence electrons. The van der Waals surface area contributed by atoms with E-state index in [1.807, 2.05) is 6.92 Å². The van der Waals surface area contributed by atoms with Crippen LogP contribution in [0.5, 0.6) is 0 Å². The van der Waals surface area contributed by atoms with E-state index in [9.17, 15) is 9.59 Å². The number of amides is 1. The Morgan fingerprint density at radius 2 is 1.88 bits per heavy atom. The van der Waals surface area contributed by atoms with Gasteiger partial charge in [-0.1, -0.05) is 51.6 Å². The van der Waals surface area contributed by atoms with Gasteiger partial charge in [0.05, 0.1) is 5.92 Å². The van der Waals surface area contributed by atoms with Crippen molar-refractivity contribution in [3.63, 3.8) is 0 Å². The summed E-state index contributed by atoms with van der Waals surface area (Å²) in [4.78, 5) is 22.6. The van der Waals surface area contributed by atoms with E-state index >= 15 is 0 Å². The Kier molecular flexibility index (Phi) is 8.93. The number of unbranched alkanes of at least 4 members (excludes halogenated alkanes) is 1. The maximum atomic E-state index is 11.6. The van der Waals surface area contributed by atoms with E-state index in [4.69, 9.17) is 5.11 Å². The highest BCUT2D eigenvalue weighted by atomic mass is 79.9. The molecule has 16 heavy (non-hydrogen) atoms. The number of carbonyl (C=O) groups excluding carboxylic acids is 1. The number of carbonyl (C=O) groups is 2. The summed E-state index contributed by atoms with van der Waals surface area (Å²) in [5.41, 5.74) is 0. The number of hydrogen-bond acceptors (Lipinski definition) is 2. The smallest absolute Gasteiger partial charge is 0.326 e. The van der Waals surface area contributed by atoms with E-state index in [2.05, 4.69) is 37.2 Å². The lowest BCUT2D eigenvalue weighted by molar-refractivity contribution is -0.142. The van der Waals surface area contributed by atoms with Crippen LogP contribution in [0.1, 0.15) is 26.2 Å². The molecule has 0 aromatic rings. The number of aliphatic carboxylic acids is 1. The van der Waals surface area contributed by atoms with E-state index in [0.29, 0.717) is 17.1 Å². The van der Waals surface area contributed by atoms with Gasteiger partial charge in [0.2, 0.25) is 5.91 Å². The lowest BCUT2D eigenvalue weighted by Crippen LogP contribution is -2.44. The molecule has 0 aromatic heterocycles. The van der Waals surface area contributed by atoms with Gasteiger partial charge in [-0.15, -0.1) is 0 Å². The Morgan fingerprint density at radius 3 is 2.25 bits per heavy atom. The second-order valence-corrected chi connectivity index (χ2v) is 4.84. The molecule has 0 heterocycles. The van der Waals surface area contributed by atoms with Gasteiger partial charge in [-0.3, -0.25) is 4.79 Å². The molecule has 0 aliphatic carbocycles. The van der Waals surface area contributed by atoms with Crippen molar-refractivity contribution in [3.8, 4) is 0 Å². The number of carboxylic acid groups (broad SMARTS) is 1. The highest BCUT2D eigenvalue weighted by Gasteiger charge is 2.23. The summed E-state index contributed by atoms with van der Waals surface area (Å²) in [6, 6.07) is -0.770. The molecule has 0 aliphatic heterocycles. The minimum Gasteiger partial charge on any atom is -0.480 e. The van der Waals surface area contributed by atoms with E-state index in [0.717, 1.165) is 12.8 Å². The predicted octanol–water partition coefficient (Wildman–Crippen LogP) is 2.15. The summed E-state index contributed by atoms with van der Waals surface area (Å²) in [5.74, 6) is -1.43. The molecule has 0 saturated carbocycles. The zero-order valence-corrected chi connectivity index (χ0v) is 12.4. The van der Waals surface area contributed by atoms with Crippen LogP contribution < -0.4 is 5.32 Å². The summed E-state index contributed by atoms with van der Waals surface area (Å²) in [7, 11) is 0. The third-order valence-electron chi connectivity index (χ3n) is 2.20. The second-order valence-electron chi connectivity index (χ2n) is 3.55. The van der Waals surface area contributed by atoms with Crippen molar-refractivity contribution < 1.29 is 14.7 Å². The first kappa shape index (κ1) is 15.9. The fourth-order valence-electron chi connectivity index (χ4n) is 1.14. The van der Waals surface area contributed by atoms with E-state index in [-0.39, 0.29) is 11.8 Å². The Labute approximate surface area is 112 Å². The molecule has 0 radical (unpaired) electrons. The van der Waals surface area contributed by atoms with Crippen LogP contribution in [0.4, 0.5) is 0 Å². The highest BCUT2D eigenvalue weighted by Crippen LogP contribution is 2.08. The molecule has 6 heteroatoms. The molecule has 2 N–H and O–H groups in total. The van der Waals surface area contributed by atoms with Gasteiger partial charge >= 0.3 is 5.97 Å². The molecule has 0 bridgehead atoms. The van der Waals surface area contributed by atoms with Crippen LogP contribution in [0, 0.1) is 5.92 Å². The van der Waals surface area contributed by atoms with Crippen molar-refractivity contribution in [2.75, 3.05) is 10.7 Å². The first-order chi connectivity index (χ1) is 7.56. The summed E-state index contributed by atoms with van der Waals surface area (Å²) in [6.45, 7) is 1.99. The minimum atomic E-state index is -0.968. The van der Waals surface area contributed by atoms with Gasteiger partial charge in [-0.25, -0.2) is 4.79 Å². The summed E-state index contributed by atoms with van der Waals surface area (Å²) in [6.07, 6.45) is 2.19. The van der Waals surface area contributed by atoms with E-state index in [1.54, 1.807) is 0 Å². The van der Waals surface area contributed by atoms with Gasteiger partial charge in [0.1, 0.15) is 6.04 Å². The molecule has 0 rings (SSSR count). The fourth-order valence-corrected chi connectivity index (χ4v) is 2.80. The maximum absolute atomic E-state index is 11.6. The molecular formula is C10H17Br2NO3. The van der Waals surface area contributed by atoms with Gasteiger partial charge in [0.15, 0.2) is 0 Å². The number of halogens is 2. The maximum Gasteiger partial charge on any atom is 0.326 e. The van der Waals surface area contributed by atoms with Crippen LogP contribution in [-0.2, 0) is 9.59 Å². The fraction of sp³-hybridized carbons (Fsp3) is 0.800. The van der Waals surface area contributed by atoms with Crippen molar-refractivity contribution in [2.45, 2.75) is 32.2 Å². The van der Waals surface area contributed by atoms with Crippen LogP contribution in [-0.4, -0.2) is 33.7 Å². The number of hydrogen-bond donors (Lipinski definition) is 2. The molecule has 1 unspecified atom stereocenters. The van der Waals surface area contributed by atoms with Gasteiger partial charge in [-0.05, 0) is 6.42 Å². The molecule has 1 amide bonds. The number of nitrogens with one attached hydrogen (secondary N) is 1. The van der Waals surface area contributed by atoms with Gasteiger partial charge in [-0.2, -0.15) is 0 Å². The first-order valence-corrected chi connectivity index (χ1v) is 7.46. The molecule has 4 nitrogen and oxygen atoms in total. The van der Waals surface area contributed by atoms with Gasteiger partial charge < -0.3 is 10.4 Å². The number of carboxylic acids is 1. The van der Waals surface area contributed by atoms with Crippen molar-refractivity contribution in [1.82, 2.24) is 5.32 Å². The zero-order chi connectivity index (χ0) is 12.6. The normalized spacial score (nSPS) is 12.5. The molecule has 1 atom stereocenters. The van der Waals surface area contributed by atoms with Crippen molar-refractivity contribution >= 4 is 43.7 Å². The molecule has 0 aromatic carbocycles. The van der Waals surface area contributed by atoms with Crippen molar-refractivity contribution in [3.05, 3.63) is 0 Å². The number of alkyl halides is 2. The van der Waals surface area contributed by atoms with Gasteiger partial charge in [0.25, 0.3) is 0 Å². The minimum absolute atomic E-state index is 0.225. The Hall–Kier alpha value is -0.100. The lowest BCUT2D eigenvalue weighted by atomic mass is 10.1. The quantitative estimate of drug-likeness (QED) is 0.653. The third kappa shape index (κ3) is 5.84. The molecular weight excluding hydrogens is 342 g/mol. The molecule has 0 spiro atoms. The topological polar surface area (TPSA) is 66.4 Å². The molecule has 0 aliphatic rings. The molecule has 0 saturated heterocycles. The Balaban J connectivity index is 4.27. The van der Waals surface area contributed by atoms with E-state index < -0.39 is 12.0 Å². The summed E-state index contributed by atoms with van der Waals surface area (Å²) in [5, 5.41) is 12.5. The predicted molar refractivity (Wildman–Crippen MR) is 70.2 cm³/mol. The van der Waals surface area contributed by atoms with Crippen LogP contribution in [0.15, 0.2) is 0 Å². The monoisotopic (exact) mass is 357 g/mol. The summed E-state index contributed by atoms with van der Waals surface area (Å²) < 4.78 is 0. The van der Waals surface area contributed by atoms with Gasteiger partial charge in [0, 0.05) is 10.7 Å². The van der Waals surface area contributed by atoms with Crippen molar-refractivity contribution in [2.24, 2.45) is 5.92 Å². The van der Waals surface area contributed by atoms with Crippen LogP contribution in [0.3, 0.4) is 0 Å². The van der Waals surface area contributed by atoms with E-state index in [1.165, 1.54) is 0 Å². The highest BCUT2D eigenvalue weighted by molar-refractivity contribution is 9.09. The standard InChI is InChI=1S/C10H17Br2NO3/c1-2-3-4-8(10(15)16)13-9(14)7(5-11)6-12/h7-8H,2-6H2,1H3,(H,13,14)(H,15,16). The molecule has 0 fully saturated rings. The number of rotatable bonds is 8. The Morgan fingerprint density at radius 1 is 1.31 bits per heavy atom. The SMILES string of the molecule is CCCCC(NC(=O)C(CBr)CBr)C(=O)O. The van der Waals surface area contributed by atoms with Crippen molar-refractivity contribution in [1.29, 1.82) is 0 Å². The van der Waals surface area contributed by atoms with Crippen LogP contribution in [0.2, 0.25) is 0 Å². The third-order valence-corrected chi connectivity index (χ3v) is 3.77. The average molecular weight is 359 g/mol. The van der Waals surface area contributed by atoms with Crippen LogP contribution in [0.25, 0.3) is 0 Å². The lowest BCUT2D eigenvalue weighted by Gasteiger charge is -2.17. The Bertz CT molecular complexity index is 232. The first-order valence-electron chi connectivity index (χ1n) is 5.21. The average Bonchev–Trinajstić information content (AvgIpc) is 2.25. The second kappa shape index (κ2) is 8.98. The zero-order valence-electron chi connectivity index (χ0n) is 9.21. The summed E-state index contributed by atoms with van der Waals surface area (Å²) >= 11 is 6.44.